The SMILES string of the molecule is CCC1CN(Cc2cccs2)CCCN1. The van der Waals surface area contributed by atoms with Crippen LogP contribution in [0, 0.1) is 0 Å². The lowest BCUT2D eigenvalue weighted by Gasteiger charge is -2.22. The Kier molecular flexibility index (Phi) is 4.18. The molecule has 15 heavy (non-hydrogen) atoms. The van der Waals surface area contributed by atoms with Crippen molar-refractivity contribution in [3.8, 4) is 0 Å². The highest BCUT2D eigenvalue weighted by Crippen LogP contribution is 2.13. The minimum absolute atomic E-state index is 0.687. The molecule has 1 aromatic heterocycles. The molecule has 2 nitrogen and oxygen atoms in total. The predicted molar refractivity (Wildman–Crippen MR) is 66.3 cm³/mol. The summed E-state index contributed by atoms with van der Waals surface area (Å²) in [4.78, 5) is 4.08. The van der Waals surface area contributed by atoms with E-state index in [4.69, 9.17) is 0 Å². The fraction of sp³-hybridized carbons (Fsp3) is 0.667. The minimum Gasteiger partial charge on any atom is -0.313 e. The van der Waals surface area contributed by atoms with E-state index in [1.807, 2.05) is 11.3 Å². The molecule has 2 rings (SSSR count). The largest absolute Gasteiger partial charge is 0.313 e. The number of nitrogens with one attached hydrogen (secondary N) is 1. The standard InChI is InChI=1S/C12H20N2S/c1-2-11-9-14(7-4-6-13-11)10-12-5-3-8-15-12/h3,5,8,11,13H,2,4,6-7,9-10H2,1H3. The summed E-state index contributed by atoms with van der Waals surface area (Å²) in [6.07, 6.45) is 2.52. The molecule has 1 aromatic rings. The zero-order chi connectivity index (χ0) is 10.5. The van der Waals surface area contributed by atoms with E-state index in [1.165, 1.54) is 37.4 Å². The van der Waals surface area contributed by atoms with Crippen LogP contribution in [0.25, 0.3) is 0 Å². The number of hydrogen-bond acceptors (Lipinski definition) is 3. The van der Waals surface area contributed by atoms with Crippen LogP contribution >= 0.6 is 11.3 Å². The molecule has 1 aliphatic rings. The maximum atomic E-state index is 3.60. The minimum atomic E-state index is 0.687. The lowest BCUT2D eigenvalue weighted by molar-refractivity contribution is 0.259. The van der Waals surface area contributed by atoms with Crippen LogP contribution in [0.3, 0.4) is 0 Å². The molecule has 3 heteroatoms. The third kappa shape index (κ3) is 3.30. The van der Waals surface area contributed by atoms with E-state index in [2.05, 4.69) is 34.7 Å². The van der Waals surface area contributed by atoms with E-state index in [-0.39, 0.29) is 0 Å². The summed E-state index contributed by atoms with van der Waals surface area (Å²) in [6.45, 7) is 7.03. The van der Waals surface area contributed by atoms with E-state index in [0.29, 0.717) is 6.04 Å². The number of nitrogens with zero attached hydrogens (tertiary/aromatic N) is 1. The first kappa shape index (κ1) is 11.1. The van der Waals surface area contributed by atoms with Crippen molar-refractivity contribution in [3.05, 3.63) is 22.4 Å². The second kappa shape index (κ2) is 5.64. The van der Waals surface area contributed by atoms with Crippen molar-refractivity contribution in [3.63, 3.8) is 0 Å². The summed E-state index contributed by atoms with van der Waals surface area (Å²) in [5, 5.41) is 5.77. The molecule has 0 radical (unpaired) electrons. The van der Waals surface area contributed by atoms with Crippen molar-refractivity contribution in [2.45, 2.75) is 32.4 Å². The number of thiophene rings is 1. The van der Waals surface area contributed by atoms with Gasteiger partial charge in [0.15, 0.2) is 0 Å². The molecule has 0 bridgehead atoms. The maximum Gasteiger partial charge on any atom is 0.0328 e. The molecule has 1 saturated heterocycles. The zero-order valence-corrected chi connectivity index (χ0v) is 10.2. The molecule has 1 unspecified atom stereocenters. The van der Waals surface area contributed by atoms with Gasteiger partial charge in [-0.05, 0) is 37.4 Å². The Morgan fingerprint density at radius 2 is 2.53 bits per heavy atom. The Balaban J connectivity index is 1.90. The Labute approximate surface area is 96.3 Å². The molecule has 0 spiro atoms. The molecule has 1 fully saturated rings. The molecule has 84 valence electrons. The van der Waals surface area contributed by atoms with Gasteiger partial charge in [-0.25, -0.2) is 0 Å². The Morgan fingerprint density at radius 3 is 3.27 bits per heavy atom. The average molecular weight is 224 g/mol. The Bertz CT molecular complexity index is 271. The maximum absolute atomic E-state index is 3.60. The highest BCUT2D eigenvalue weighted by atomic mass is 32.1. The topological polar surface area (TPSA) is 15.3 Å². The van der Waals surface area contributed by atoms with Crippen molar-refractivity contribution < 1.29 is 0 Å². The van der Waals surface area contributed by atoms with Crippen molar-refractivity contribution in [2.24, 2.45) is 0 Å². The summed E-state index contributed by atoms with van der Waals surface area (Å²) < 4.78 is 0. The summed E-state index contributed by atoms with van der Waals surface area (Å²) in [5.74, 6) is 0. The third-order valence-corrected chi connectivity index (χ3v) is 3.88. The average Bonchev–Trinajstić information content (AvgIpc) is 2.64. The number of rotatable bonds is 3. The van der Waals surface area contributed by atoms with Crippen LogP contribution in [-0.4, -0.2) is 30.6 Å². The van der Waals surface area contributed by atoms with E-state index in [9.17, 15) is 0 Å². The van der Waals surface area contributed by atoms with Gasteiger partial charge in [0.1, 0.15) is 0 Å². The fourth-order valence-electron chi connectivity index (χ4n) is 2.12. The van der Waals surface area contributed by atoms with Gasteiger partial charge in [0, 0.05) is 24.0 Å². The second-order valence-corrected chi connectivity index (χ2v) is 5.26. The normalized spacial score (nSPS) is 23.9. The Morgan fingerprint density at radius 1 is 1.60 bits per heavy atom. The summed E-state index contributed by atoms with van der Waals surface area (Å²) in [5.41, 5.74) is 0. The van der Waals surface area contributed by atoms with Crippen LogP contribution in [0.1, 0.15) is 24.6 Å². The highest BCUT2D eigenvalue weighted by molar-refractivity contribution is 7.09. The van der Waals surface area contributed by atoms with Crippen LogP contribution in [-0.2, 0) is 6.54 Å². The molecule has 0 amide bonds. The zero-order valence-electron chi connectivity index (χ0n) is 9.41. The summed E-state index contributed by atoms with van der Waals surface area (Å²) in [6, 6.07) is 5.07. The van der Waals surface area contributed by atoms with Gasteiger partial charge in [-0.3, -0.25) is 4.90 Å². The van der Waals surface area contributed by atoms with Crippen molar-refractivity contribution >= 4 is 11.3 Å². The molecule has 2 heterocycles. The highest BCUT2D eigenvalue weighted by Gasteiger charge is 2.16. The first-order valence-corrected chi connectivity index (χ1v) is 6.74. The quantitative estimate of drug-likeness (QED) is 0.847. The van der Waals surface area contributed by atoms with Crippen LogP contribution in [0.5, 0.6) is 0 Å². The third-order valence-electron chi connectivity index (χ3n) is 3.02. The molecule has 1 aliphatic heterocycles. The van der Waals surface area contributed by atoms with Crippen LogP contribution < -0.4 is 5.32 Å². The van der Waals surface area contributed by atoms with Gasteiger partial charge in [-0.1, -0.05) is 13.0 Å². The van der Waals surface area contributed by atoms with E-state index < -0.39 is 0 Å². The van der Waals surface area contributed by atoms with Gasteiger partial charge < -0.3 is 5.32 Å². The molecular formula is C12H20N2S. The van der Waals surface area contributed by atoms with Gasteiger partial charge in [0.05, 0.1) is 0 Å². The monoisotopic (exact) mass is 224 g/mol. The lowest BCUT2D eigenvalue weighted by atomic mass is 10.2. The van der Waals surface area contributed by atoms with Crippen molar-refractivity contribution in [1.82, 2.24) is 10.2 Å². The van der Waals surface area contributed by atoms with Gasteiger partial charge in [-0.2, -0.15) is 0 Å². The molecule has 0 aliphatic carbocycles. The van der Waals surface area contributed by atoms with Gasteiger partial charge >= 0.3 is 0 Å². The molecule has 0 aromatic carbocycles. The number of hydrogen-bond donors (Lipinski definition) is 1. The van der Waals surface area contributed by atoms with E-state index >= 15 is 0 Å². The first-order chi connectivity index (χ1) is 7.38. The van der Waals surface area contributed by atoms with Gasteiger partial charge in [0.25, 0.3) is 0 Å². The smallest absolute Gasteiger partial charge is 0.0328 e. The van der Waals surface area contributed by atoms with Crippen LogP contribution in [0.4, 0.5) is 0 Å². The van der Waals surface area contributed by atoms with Gasteiger partial charge in [0.2, 0.25) is 0 Å². The second-order valence-electron chi connectivity index (χ2n) is 4.23. The van der Waals surface area contributed by atoms with Crippen LogP contribution in [0.15, 0.2) is 17.5 Å². The molecule has 1 N–H and O–H groups in total. The van der Waals surface area contributed by atoms with Crippen molar-refractivity contribution in [2.75, 3.05) is 19.6 Å². The van der Waals surface area contributed by atoms with E-state index in [1.54, 1.807) is 0 Å². The first-order valence-electron chi connectivity index (χ1n) is 5.86. The van der Waals surface area contributed by atoms with Gasteiger partial charge in [-0.15, -0.1) is 11.3 Å². The summed E-state index contributed by atoms with van der Waals surface area (Å²) in [7, 11) is 0. The summed E-state index contributed by atoms with van der Waals surface area (Å²) >= 11 is 1.87. The molecule has 1 atom stereocenters. The fourth-order valence-corrected chi connectivity index (χ4v) is 2.86. The molecule has 0 saturated carbocycles. The van der Waals surface area contributed by atoms with Crippen LogP contribution in [0.2, 0.25) is 0 Å². The molecular weight excluding hydrogens is 204 g/mol. The van der Waals surface area contributed by atoms with E-state index in [0.717, 1.165) is 6.54 Å². The lowest BCUT2D eigenvalue weighted by Crippen LogP contribution is -2.36. The Hall–Kier alpha value is -0.380. The van der Waals surface area contributed by atoms with Crippen molar-refractivity contribution in [1.29, 1.82) is 0 Å². The predicted octanol–water partition coefficient (Wildman–Crippen LogP) is 2.32.